The zero-order valence-electron chi connectivity index (χ0n) is 6.00. The van der Waals surface area contributed by atoms with Crippen LogP contribution in [-0.2, 0) is 6.61 Å². The molecule has 0 aliphatic heterocycles. The minimum atomic E-state index is -0.158. The van der Waals surface area contributed by atoms with E-state index >= 15 is 0 Å². The summed E-state index contributed by atoms with van der Waals surface area (Å²) < 4.78 is 0. The second-order valence-corrected chi connectivity index (χ2v) is 2.44. The first-order valence-electron chi connectivity index (χ1n) is 3.04. The van der Waals surface area contributed by atoms with Crippen molar-refractivity contribution in [1.29, 1.82) is 0 Å². The van der Waals surface area contributed by atoms with Gasteiger partial charge in [-0.2, -0.15) is 0 Å². The lowest BCUT2D eigenvalue weighted by atomic mass is 10.2. The van der Waals surface area contributed by atoms with Gasteiger partial charge in [0.15, 0.2) is 0 Å². The third-order valence-corrected chi connectivity index (χ3v) is 1.55. The Bertz CT molecular complexity index is 254. The lowest BCUT2D eigenvalue weighted by Crippen LogP contribution is -2.03. The molecule has 1 aromatic rings. The molecule has 1 aromatic heterocycles. The first-order chi connectivity index (χ1) is 5.15. The molecule has 11 heavy (non-hydrogen) atoms. The maximum Gasteiger partial charge on any atom is 0.224 e. The minimum Gasteiger partial charge on any atom is -0.391 e. The van der Waals surface area contributed by atoms with Crippen LogP contribution in [0.25, 0.3) is 0 Å². The van der Waals surface area contributed by atoms with Gasteiger partial charge in [0.1, 0.15) is 5.82 Å². The van der Waals surface area contributed by atoms with Gasteiger partial charge in [-0.3, -0.25) is 0 Å². The molecule has 0 saturated heterocycles. The lowest BCUT2D eigenvalue weighted by molar-refractivity contribution is 0.281. The van der Waals surface area contributed by atoms with Crippen LogP contribution in [0.3, 0.4) is 0 Å². The minimum absolute atomic E-state index is 0.109. The van der Waals surface area contributed by atoms with Gasteiger partial charge in [-0.25, -0.2) is 9.97 Å². The average molecular weight is 174 g/mol. The molecular formula is C6H8ClN3O. The largest absolute Gasteiger partial charge is 0.391 e. The van der Waals surface area contributed by atoms with Gasteiger partial charge >= 0.3 is 0 Å². The van der Waals surface area contributed by atoms with Crippen LogP contribution in [0, 0.1) is 6.92 Å². The summed E-state index contributed by atoms with van der Waals surface area (Å²) in [5.74, 6) is 0.241. The molecule has 4 nitrogen and oxygen atoms in total. The molecule has 0 fully saturated rings. The molecule has 0 unspecified atom stereocenters. The molecule has 0 aliphatic rings. The summed E-state index contributed by atoms with van der Waals surface area (Å²) in [5, 5.41) is 8.90. The van der Waals surface area contributed by atoms with Gasteiger partial charge in [-0.1, -0.05) is 0 Å². The van der Waals surface area contributed by atoms with Crippen molar-refractivity contribution in [3.8, 4) is 0 Å². The van der Waals surface area contributed by atoms with Crippen LogP contribution in [0.1, 0.15) is 11.3 Å². The van der Waals surface area contributed by atoms with Gasteiger partial charge in [-0.05, 0) is 18.5 Å². The van der Waals surface area contributed by atoms with Crippen molar-refractivity contribution in [2.45, 2.75) is 13.5 Å². The highest BCUT2D eigenvalue weighted by Gasteiger charge is 2.05. The summed E-state index contributed by atoms with van der Waals surface area (Å²) >= 11 is 5.50. The van der Waals surface area contributed by atoms with Crippen molar-refractivity contribution in [3.05, 3.63) is 16.5 Å². The zero-order chi connectivity index (χ0) is 8.43. The van der Waals surface area contributed by atoms with E-state index < -0.39 is 0 Å². The number of nitrogens with two attached hydrogens (primary N) is 1. The Balaban J connectivity index is 3.25. The smallest absolute Gasteiger partial charge is 0.224 e. The summed E-state index contributed by atoms with van der Waals surface area (Å²) in [5.41, 5.74) is 6.59. The number of nitrogens with zero attached hydrogens (tertiary/aromatic N) is 2. The van der Waals surface area contributed by atoms with Gasteiger partial charge in [0.05, 0.1) is 6.61 Å². The predicted octanol–water partition coefficient (Wildman–Crippen LogP) is 0.513. The van der Waals surface area contributed by atoms with Crippen LogP contribution in [0.2, 0.25) is 5.28 Å². The monoisotopic (exact) mass is 173 g/mol. The Kier molecular flexibility index (Phi) is 2.26. The Morgan fingerprint density at radius 1 is 1.55 bits per heavy atom. The van der Waals surface area contributed by atoms with E-state index in [2.05, 4.69) is 9.97 Å². The molecule has 1 heterocycles. The second kappa shape index (κ2) is 3.02. The Hall–Kier alpha value is -0.870. The molecular weight excluding hydrogens is 166 g/mol. The van der Waals surface area contributed by atoms with Gasteiger partial charge in [0.25, 0.3) is 0 Å². The molecule has 0 radical (unpaired) electrons. The highest BCUT2D eigenvalue weighted by atomic mass is 35.5. The summed E-state index contributed by atoms with van der Waals surface area (Å²) in [6.45, 7) is 1.56. The van der Waals surface area contributed by atoms with Crippen molar-refractivity contribution in [3.63, 3.8) is 0 Å². The van der Waals surface area contributed by atoms with Crippen LogP contribution < -0.4 is 5.73 Å². The van der Waals surface area contributed by atoms with E-state index in [-0.39, 0.29) is 17.7 Å². The normalized spacial score (nSPS) is 10.1. The predicted molar refractivity (Wildman–Crippen MR) is 42.1 cm³/mol. The van der Waals surface area contributed by atoms with E-state index in [1.165, 1.54) is 0 Å². The summed E-state index contributed by atoms with van der Waals surface area (Å²) in [4.78, 5) is 7.50. The summed E-state index contributed by atoms with van der Waals surface area (Å²) in [7, 11) is 0. The Labute approximate surface area is 69.0 Å². The fourth-order valence-corrected chi connectivity index (χ4v) is 0.996. The van der Waals surface area contributed by atoms with E-state index in [1.807, 2.05) is 0 Å². The van der Waals surface area contributed by atoms with Crippen LogP contribution in [0.4, 0.5) is 5.82 Å². The molecule has 3 N–H and O–H groups in total. The quantitative estimate of drug-likeness (QED) is 0.608. The Morgan fingerprint density at radius 3 is 2.64 bits per heavy atom. The van der Waals surface area contributed by atoms with Crippen LogP contribution >= 0.6 is 11.6 Å². The lowest BCUT2D eigenvalue weighted by Gasteiger charge is -2.03. The Morgan fingerprint density at radius 2 is 2.18 bits per heavy atom. The highest BCUT2D eigenvalue weighted by Crippen LogP contribution is 2.14. The number of nitrogen functional groups attached to an aromatic ring is 1. The molecule has 0 amide bonds. The number of aliphatic hydroxyl groups excluding tert-OH is 1. The summed E-state index contributed by atoms with van der Waals surface area (Å²) in [6, 6.07) is 0. The van der Waals surface area contributed by atoms with Crippen molar-refractivity contribution < 1.29 is 5.11 Å². The van der Waals surface area contributed by atoms with E-state index in [4.69, 9.17) is 22.4 Å². The van der Waals surface area contributed by atoms with Crippen molar-refractivity contribution >= 4 is 17.4 Å². The maximum atomic E-state index is 8.79. The molecule has 0 atom stereocenters. The molecule has 5 heteroatoms. The number of anilines is 1. The molecule has 60 valence electrons. The average Bonchev–Trinajstić information content (AvgIpc) is 1.85. The highest BCUT2D eigenvalue weighted by molar-refractivity contribution is 6.28. The fraction of sp³-hybridized carbons (Fsp3) is 0.333. The molecule has 0 spiro atoms. The number of aromatic nitrogens is 2. The second-order valence-electron chi connectivity index (χ2n) is 2.10. The summed E-state index contributed by atoms with van der Waals surface area (Å²) in [6.07, 6.45) is 0. The van der Waals surface area contributed by atoms with Crippen LogP contribution in [-0.4, -0.2) is 15.1 Å². The zero-order valence-corrected chi connectivity index (χ0v) is 6.76. The van der Waals surface area contributed by atoms with Crippen LogP contribution in [0.5, 0.6) is 0 Å². The number of aryl methyl sites for hydroxylation is 1. The van der Waals surface area contributed by atoms with E-state index in [9.17, 15) is 0 Å². The van der Waals surface area contributed by atoms with Gasteiger partial charge in [-0.15, -0.1) is 0 Å². The number of rotatable bonds is 1. The standard InChI is InChI=1S/C6H8ClN3O/c1-3-4(2-11)5(8)10-6(7)9-3/h11H,2H2,1H3,(H2,8,9,10). The maximum absolute atomic E-state index is 8.79. The molecule has 0 bridgehead atoms. The molecule has 0 aromatic carbocycles. The number of hydrogen-bond donors (Lipinski definition) is 2. The van der Waals surface area contributed by atoms with Gasteiger partial charge in [0, 0.05) is 11.3 Å². The van der Waals surface area contributed by atoms with E-state index in [1.54, 1.807) is 6.92 Å². The third-order valence-electron chi connectivity index (χ3n) is 1.38. The molecule has 1 rings (SSSR count). The SMILES string of the molecule is Cc1nc(Cl)nc(N)c1CO. The third kappa shape index (κ3) is 1.58. The van der Waals surface area contributed by atoms with Gasteiger partial charge in [0.2, 0.25) is 5.28 Å². The topological polar surface area (TPSA) is 72.0 Å². The number of halogens is 1. The van der Waals surface area contributed by atoms with Crippen molar-refractivity contribution in [1.82, 2.24) is 9.97 Å². The molecule has 0 saturated carbocycles. The first-order valence-corrected chi connectivity index (χ1v) is 3.42. The van der Waals surface area contributed by atoms with Gasteiger partial charge < -0.3 is 10.8 Å². The molecule has 0 aliphatic carbocycles. The van der Waals surface area contributed by atoms with E-state index in [0.29, 0.717) is 11.3 Å². The fourth-order valence-electron chi connectivity index (χ4n) is 0.778. The first kappa shape index (κ1) is 8.23. The van der Waals surface area contributed by atoms with Crippen molar-refractivity contribution in [2.24, 2.45) is 0 Å². The van der Waals surface area contributed by atoms with E-state index in [0.717, 1.165) is 0 Å². The number of hydrogen-bond acceptors (Lipinski definition) is 4. The van der Waals surface area contributed by atoms with Crippen molar-refractivity contribution in [2.75, 3.05) is 5.73 Å². The number of aliphatic hydroxyl groups is 1. The van der Waals surface area contributed by atoms with Crippen LogP contribution in [0.15, 0.2) is 0 Å².